The third kappa shape index (κ3) is 6.44. The normalized spacial score (nSPS) is 13.8. The lowest BCUT2D eigenvalue weighted by atomic mass is 9.94. The molecule has 0 aromatic heterocycles. The molecule has 0 saturated heterocycles. The Kier molecular flexibility index (Phi) is 5.91. The largest absolute Gasteiger partial charge is 0.389 e. The minimum Gasteiger partial charge on any atom is -0.389 e. The molecule has 1 aromatic carbocycles. The van der Waals surface area contributed by atoms with E-state index in [-0.39, 0.29) is 0 Å². The monoisotopic (exact) mass is 245 g/mol. The van der Waals surface area contributed by atoms with Crippen molar-refractivity contribution in [1.82, 2.24) is 5.32 Å². The van der Waals surface area contributed by atoms with Crippen LogP contribution in [0.5, 0.6) is 0 Å². The topological polar surface area (TPSA) is 32.3 Å². The zero-order valence-electron chi connectivity index (χ0n) is 11.5. The highest BCUT2D eigenvalue weighted by atomic mass is 16.3. The lowest BCUT2D eigenvalue weighted by Crippen LogP contribution is -2.39. The summed E-state index contributed by atoms with van der Waals surface area (Å²) < 4.78 is 0. The number of hydrogen-bond donors (Lipinski definition) is 2. The van der Waals surface area contributed by atoms with Gasteiger partial charge in [0.15, 0.2) is 0 Å². The van der Waals surface area contributed by atoms with Crippen LogP contribution in [0.15, 0.2) is 30.3 Å². The van der Waals surface area contributed by atoms with E-state index in [1.807, 2.05) is 37.3 Å². The fourth-order valence-electron chi connectivity index (χ4n) is 2.01. The van der Waals surface area contributed by atoms with E-state index in [2.05, 4.69) is 31.0 Å². The van der Waals surface area contributed by atoms with E-state index in [0.717, 1.165) is 12.0 Å². The van der Waals surface area contributed by atoms with Gasteiger partial charge in [0.05, 0.1) is 12.1 Å². The Hall–Kier alpha value is -1.30. The lowest BCUT2D eigenvalue weighted by Gasteiger charge is -2.25. The average molecular weight is 245 g/mol. The van der Waals surface area contributed by atoms with Crippen molar-refractivity contribution in [2.75, 3.05) is 13.1 Å². The smallest absolute Gasteiger partial charge is 0.0746 e. The van der Waals surface area contributed by atoms with Crippen LogP contribution < -0.4 is 5.32 Å². The van der Waals surface area contributed by atoms with Crippen molar-refractivity contribution in [3.63, 3.8) is 0 Å². The van der Waals surface area contributed by atoms with Crippen molar-refractivity contribution in [3.05, 3.63) is 35.9 Å². The summed E-state index contributed by atoms with van der Waals surface area (Å²) in [6.07, 6.45) is 0.798. The predicted molar refractivity (Wildman–Crippen MR) is 76.3 cm³/mol. The SMILES string of the molecule is CC(C)CC(C)(O)CNCC#Cc1ccccc1. The maximum Gasteiger partial charge on any atom is 0.0746 e. The molecule has 1 rings (SSSR count). The minimum atomic E-state index is -0.650. The first-order valence-corrected chi connectivity index (χ1v) is 6.47. The molecule has 0 heterocycles. The lowest BCUT2D eigenvalue weighted by molar-refractivity contribution is 0.0397. The fourth-order valence-corrected chi connectivity index (χ4v) is 2.01. The van der Waals surface area contributed by atoms with Crippen molar-refractivity contribution in [2.24, 2.45) is 5.92 Å². The summed E-state index contributed by atoms with van der Waals surface area (Å²) in [5.41, 5.74) is 0.371. The molecule has 0 fully saturated rings. The second-order valence-corrected chi connectivity index (χ2v) is 5.37. The third-order valence-corrected chi connectivity index (χ3v) is 2.57. The van der Waals surface area contributed by atoms with Gasteiger partial charge in [-0.15, -0.1) is 0 Å². The van der Waals surface area contributed by atoms with Crippen molar-refractivity contribution >= 4 is 0 Å². The second kappa shape index (κ2) is 7.20. The first-order chi connectivity index (χ1) is 8.49. The van der Waals surface area contributed by atoms with Crippen molar-refractivity contribution in [2.45, 2.75) is 32.8 Å². The molecule has 1 unspecified atom stereocenters. The van der Waals surface area contributed by atoms with Crippen LogP contribution in [0.25, 0.3) is 0 Å². The van der Waals surface area contributed by atoms with Crippen LogP contribution >= 0.6 is 0 Å². The number of nitrogens with one attached hydrogen (secondary N) is 1. The maximum absolute atomic E-state index is 10.1. The van der Waals surface area contributed by atoms with Gasteiger partial charge in [-0.25, -0.2) is 0 Å². The van der Waals surface area contributed by atoms with E-state index in [1.54, 1.807) is 0 Å². The van der Waals surface area contributed by atoms with E-state index in [4.69, 9.17) is 0 Å². The quantitative estimate of drug-likeness (QED) is 0.617. The van der Waals surface area contributed by atoms with E-state index in [1.165, 1.54) is 0 Å². The molecule has 18 heavy (non-hydrogen) atoms. The van der Waals surface area contributed by atoms with Crippen LogP contribution in [0.4, 0.5) is 0 Å². The third-order valence-electron chi connectivity index (χ3n) is 2.57. The van der Waals surface area contributed by atoms with Crippen LogP contribution in [0, 0.1) is 17.8 Å². The van der Waals surface area contributed by atoms with Gasteiger partial charge in [0.25, 0.3) is 0 Å². The molecule has 1 atom stereocenters. The number of rotatable bonds is 5. The molecule has 0 aliphatic carbocycles. The first-order valence-electron chi connectivity index (χ1n) is 6.47. The van der Waals surface area contributed by atoms with Crippen molar-refractivity contribution in [3.8, 4) is 11.8 Å². The molecule has 0 spiro atoms. The molecular weight excluding hydrogens is 222 g/mol. The molecule has 2 nitrogen and oxygen atoms in total. The molecular formula is C16H23NO. The van der Waals surface area contributed by atoms with Crippen LogP contribution in [-0.2, 0) is 0 Å². The first kappa shape index (κ1) is 14.8. The van der Waals surface area contributed by atoms with Gasteiger partial charge in [0, 0.05) is 12.1 Å². The molecule has 2 N–H and O–H groups in total. The molecule has 0 bridgehead atoms. The summed E-state index contributed by atoms with van der Waals surface area (Å²) >= 11 is 0. The zero-order chi connectivity index (χ0) is 13.4. The molecule has 98 valence electrons. The van der Waals surface area contributed by atoms with E-state index in [9.17, 15) is 5.11 Å². The number of hydrogen-bond acceptors (Lipinski definition) is 2. The van der Waals surface area contributed by atoms with Crippen LogP contribution in [0.1, 0.15) is 32.8 Å². The van der Waals surface area contributed by atoms with E-state index < -0.39 is 5.60 Å². The molecule has 2 heteroatoms. The Morgan fingerprint density at radius 1 is 1.28 bits per heavy atom. The van der Waals surface area contributed by atoms with E-state index >= 15 is 0 Å². The van der Waals surface area contributed by atoms with E-state index in [0.29, 0.717) is 19.0 Å². The van der Waals surface area contributed by atoms with Crippen LogP contribution in [0.2, 0.25) is 0 Å². The number of benzene rings is 1. The fraction of sp³-hybridized carbons (Fsp3) is 0.500. The van der Waals surface area contributed by atoms with Gasteiger partial charge in [0.1, 0.15) is 0 Å². The number of aliphatic hydroxyl groups is 1. The van der Waals surface area contributed by atoms with Crippen LogP contribution in [-0.4, -0.2) is 23.8 Å². The predicted octanol–water partition coefficient (Wildman–Crippen LogP) is 2.42. The highest BCUT2D eigenvalue weighted by Gasteiger charge is 2.20. The van der Waals surface area contributed by atoms with Crippen molar-refractivity contribution < 1.29 is 5.11 Å². The van der Waals surface area contributed by atoms with Gasteiger partial charge in [0.2, 0.25) is 0 Å². The summed E-state index contributed by atoms with van der Waals surface area (Å²) in [6, 6.07) is 9.91. The molecule has 1 aromatic rings. The molecule has 0 aliphatic heterocycles. The Labute approximate surface area is 110 Å². The Morgan fingerprint density at radius 3 is 2.56 bits per heavy atom. The highest BCUT2D eigenvalue weighted by Crippen LogP contribution is 2.14. The molecule has 0 aliphatic rings. The maximum atomic E-state index is 10.1. The van der Waals surface area contributed by atoms with Crippen molar-refractivity contribution in [1.29, 1.82) is 0 Å². The van der Waals surface area contributed by atoms with Gasteiger partial charge in [-0.05, 0) is 31.4 Å². The summed E-state index contributed by atoms with van der Waals surface area (Å²) in [6.45, 7) is 7.27. The molecule has 0 saturated carbocycles. The summed E-state index contributed by atoms with van der Waals surface area (Å²) in [4.78, 5) is 0. The highest BCUT2D eigenvalue weighted by molar-refractivity contribution is 5.33. The molecule has 0 amide bonds. The minimum absolute atomic E-state index is 0.497. The van der Waals surface area contributed by atoms with Crippen LogP contribution in [0.3, 0.4) is 0 Å². The Bertz CT molecular complexity index is 398. The summed E-state index contributed by atoms with van der Waals surface area (Å²) in [5.74, 6) is 6.63. The second-order valence-electron chi connectivity index (χ2n) is 5.37. The Balaban J connectivity index is 2.29. The molecule has 0 radical (unpaired) electrons. The van der Waals surface area contributed by atoms with Gasteiger partial charge < -0.3 is 10.4 Å². The van der Waals surface area contributed by atoms with Gasteiger partial charge in [-0.1, -0.05) is 43.9 Å². The standard InChI is InChI=1S/C16H23NO/c1-14(2)12-16(3,18)13-17-11-7-10-15-8-5-4-6-9-15/h4-6,8-9,14,17-18H,11-13H2,1-3H3. The Morgan fingerprint density at radius 2 is 1.94 bits per heavy atom. The zero-order valence-corrected chi connectivity index (χ0v) is 11.5. The summed E-state index contributed by atoms with van der Waals surface area (Å²) in [7, 11) is 0. The average Bonchev–Trinajstić information content (AvgIpc) is 2.28. The summed E-state index contributed by atoms with van der Waals surface area (Å²) in [5, 5.41) is 13.3. The van der Waals surface area contributed by atoms with Gasteiger partial charge in [-0.3, -0.25) is 0 Å². The van der Waals surface area contributed by atoms with Gasteiger partial charge >= 0.3 is 0 Å². The van der Waals surface area contributed by atoms with Gasteiger partial charge in [-0.2, -0.15) is 0 Å².